The van der Waals surface area contributed by atoms with E-state index in [1.54, 1.807) is 6.20 Å². The number of ether oxygens (including phenoxy) is 1. The summed E-state index contributed by atoms with van der Waals surface area (Å²) in [7, 11) is 0. The fraction of sp³-hybridized carbons (Fsp3) is 0.600. The van der Waals surface area contributed by atoms with Gasteiger partial charge in [-0.3, -0.25) is 0 Å². The quantitative estimate of drug-likeness (QED) is 0.766. The summed E-state index contributed by atoms with van der Waals surface area (Å²) < 4.78 is 5.63. The molecule has 1 aliphatic rings. The zero-order valence-electron chi connectivity index (χ0n) is 8.15. The molecule has 0 bridgehead atoms. The molecule has 1 saturated heterocycles. The average molecular weight is 193 g/mol. The molecule has 14 heavy (non-hydrogen) atoms. The maximum atomic E-state index is 5.63. The van der Waals surface area contributed by atoms with Crippen LogP contribution in [-0.2, 0) is 11.3 Å². The summed E-state index contributed by atoms with van der Waals surface area (Å²) in [4.78, 5) is 8.41. The minimum atomic E-state index is 0.150. The van der Waals surface area contributed by atoms with Gasteiger partial charge >= 0.3 is 0 Å². The van der Waals surface area contributed by atoms with Gasteiger partial charge in [-0.25, -0.2) is 9.97 Å². The fourth-order valence-electron chi connectivity index (χ4n) is 1.67. The number of hydrogen-bond donors (Lipinski definition) is 1. The van der Waals surface area contributed by atoms with E-state index in [2.05, 4.69) is 9.97 Å². The van der Waals surface area contributed by atoms with Crippen LogP contribution in [0.2, 0.25) is 0 Å². The molecule has 2 rings (SSSR count). The molecule has 1 atom stereocenters. The second-order valence-electron chi connectivity index (χ2n) is 3.46. The molecule has 4 nitrogen and oxygen atoms in total. The molecule has 1 fully saturated rings. The molecule has 0 saturated carbocycles. The van der Waals surface area contributed by atoms with E-state index in [0.29, 0.717) is 12.4 Å². The van der Waals surface area contributed by atoms with E-state index in [1.165, 1.54) is 6.42 Å². The summed E-state index contributed by atoms with van der Waals surface area (Å²) in [5.41, 5.74) is 6.45. The van der Waals surface area contributed by atoms with Gasteiger partial charge in [0.05, 0.1) is 18.3 Å². The van der Waals surface area contributed by atoms with Gasteiger partial charge < -0.3 is 10.5 Å². The zero-order valence-corrected chi connectivity index (χ0v) is 8.15. The summed E-state index contributed by atoms with van der Waals surface area (Å²) in [5, 5.41) is 0. The highest BCUT2D eigenvalue weighted by Crippen LogP contribution is 2.25. The molecule has 0 radical (unpaired) electrons. The van der Waals surface area contributed by atoms with Crippen LogP contribution in [0.15, 0.2) is 12.3 Å². The largest absolute Gasteiger partial charge is 0.372 e. The van der Waals surface area contributed by atoms with Crippen molar-refractivity contribution in [3.8, 4) is 0 Å². The maximum Gasteiger partial charge on any atom is 0.142 e. The summed E-state index contributed by atoms with van der Waals surface area (Å²) in [6.07, 6.45) is 5.33. The monoisotopic (exact) mass is 193 g/mol. The van der Waals surface area contributed by atoms with E-state index in [0.717, 1.165) is 25.1 Å². The second-order valence-corrected chi connectivity index (χ2v) is 3.46. The van der Waals surface area contributed by atoms with Crippen molar-refractivity contribution in [2.24, 2.45) is 5.73 Å². The van der Waals surface area contributed by atoms with Crippen LogP contribution in [0.3, 0.4) is 0 Å². The Hall–Kier alpha value is -1.00. The lowest BCUT2D eigenvalue weighted by molar-refractivity contribution is 0.0121. The molecular formula is C10H15N3O. The Bertz CT molecular complexity index is 297. The van der Waals surface area contributed by atoms with Crippen molar-refractivity contribution in [3.63, 3.8) is 0 Å². The third kappa shape index (κ3) is 2.08. The first-order chi connectivity index (χ1) is 6.90. The normalized spacial score (nSPS) is 22.2. The number of aromatic nitrogens is 2. The smallest absolute Gasteiger partial charge is 0.142 e. The second kappa shape index (κ2) is 4.48. The van der Waals surface area contributed by atoms with Crippen molar-refractivity contribution >= 4 is 0 Å². The predicted octanol–water partition coefficient (Wildman–Crippen LogP) is 1.18. The zero-order chi connectivity index (χ0) is 9.80. The molecule has 0 spiro atoms. The first-order valence-corrected chi connectivity index (χ1v) is 5.03. The molecule has 4 heteroatoms. The van der Waals surface area contributed by atoms with Crippen LogP contribution >= 0.6 is 0 Å². The number of hydrogen-bond acceptors (Lipinski definition) is 4. The lowest BCUT2D eigenvalue weighted by Gasteiger charge is -2.21. The molecule has 76 valence electrons. The van der Waals surface area contributed by atoms with E-state index >= 15 is 0 Å². The van der Waals surface area contributed by atoms with Gasteiger partial charge in [0.25, 0.3) is 0 Å². The molecule has 2 heterocycles. The molecule has 1 aliphatic heterocycles. The summed E-state index contributed by atoms with van der Waals surface area (Å²) in [6.45, 7) is 1.23. The van der Waals surface area contributed by atoms with Crippen LogP contribution in [0.5, 0.6) is 0 Å². The van der Waals surface area contributed by atoms with Crippen LogP contribution in [0.25, 0.3) is 0 Å². The van der Waals surface area contributed by atoms with E-state index in [9.17, 15) is 0 Å². The van der Waals surface area contributed by atoms with E-state index in [1.807, 2.05) is 6.07 Å². The van der Waals surface area contributed by atoms with E-state index in [4.69, 9.17) is 10.5 Å². The van der Waals surface area contributed by atoms with Crippen molar-refractivity contribution in [3.05, 3.63) is 23.8 Å². The molecule has 1 aromatic heterocycles. The molecule has 0 aliphatic carbocycles. The lowest BCUT2D eigenvalue weighted by Crippen LogP contribution is -2.14. The molecular weight excluding hydrogens is 178 g/mol. The van der Waals surface area contributed by atoms with Crippen molar-refractivity contribution in [1.82, 2.24) is 9.97 Å². The highest BCUT2D eigenvalue weighted by atomic mass is 16.5. The Labute approximate surface area is 83.5 Å². The van der Waals surface area contributed by atoms with Crippen LogP contribution in [0.1, 0.15) is 36.9 Å². The van der Waals surface area contributed by atoms with E-state index < -0.39 is 0 Å². The van der Waals surface area contributed by atoms with Crippen LogP contribution in [0.4, 0.5) is 0 Å². The topological polar surface area (TPSA) is 61.0 Å². The van der Waals surface area contributed by atoms with Crippen LogP contribution in [-0.4, -0.2) is 16.6 Å². The standard InChI is InChI=1S/C10H15N3O/c11-7-10-12-5-4-8(13-10)9-3-1-2-6-14-9/h4-5,9H,1-3,6-7,11H2. The van der Waals surface area contributed by atoms with Gasteiger partial charge in [0, 0.05) is 12.8 Å². The van der Waals surface area contributed by atoms with Crippen molar-refractivity contribution in [1.29, 1.82) is 0 Å². The summed E-state index contributed by atoms with van der Waals surface area (Å²) in [5.74, 6) is 0.691. The van der Waals surface area contributed by atoms with Crippen molar-refractivity contribution in [2.75, 3.05) is 6.61 Å². The van der Waals surface area contributed by atoms with E-state index in [-0.39, 0.29) is 6.10 Å². The Balaban J connectivity index is 2.13. The third-order valence-electron chi connectivity index (χ3n) is 2.42. The van der Waals surface area contributed by atoms with Gasteiger partial charge in [-0.05, 0) is 25.3 Å². The van der Waals surface area contributed by atoms with Gasteiger partial charge in [-0.2, -0.15) is 0 Å². The first kappa shape index (κ1) is 9.55. The fourth-order valence-corrected chi connectivity index (χ4v) is 1.67. The highest BCUT2D eigenvalue weighted by Gasteiger charge is 2.17. The SMILES string of the molecule is NCc1nccc(C2CCCCO2)n1. The molecule has 1 unspecified atom stereocenters. The number of rotatable bonds is 2. The van der Waals surface area contributed by atoms with Crippen LogP contribution in [0, 0.1) is 0 Å². The molecule has 2 N–H and O–H groups in total. The van der Waals surface area contributed by atoms with Gasteiger partial charge in [0.1, 0.15) is 5.82 Å². The Morgan fingerprint density at radius 3 is 3.14 bits per heavy atom. The van der Waals surface area contributed by atoms with Gasteiger partial charge in [-0.15, -0.1) is 0 Å². The van der Waals surface area contributed by atoms with Gasteiger partial charge in [0.2, 0.25) is 0 Å². The summed E-state index contributed by atoms with van der Waals surface area (Å²) in [6, 6.07) is 1.91. The highest BCUT2D eigenvalue weighted by molar-refractivity contribution is 5.06. The lowest BCUT2D eigenvalue weighted by atomic mass is 10.1. The number of nitrogens with zero attached hydrogens (tertiary/aromatic N) is 2. The van der Waals surface area contributed by atoms with Crippen LogP contribution < -0.4 is 5.73 Å². The predicted molar refractivity (Wildman–Crippen MR) is 52.5 cm³/mol. The Morgan fingerprint density at radius 1 is 1.50 bits per heavy atom. The Morgan fingerprint density at radius 2 is 2.43 bits per heavy atom. The Kier molecular flexibility index (Phi) is 3.06. The average Bonchev–Trinajstić information content (AvgIpc) is 2.30. The molecule has 0 aromatic carbocycles. The minimum absolute atomic E-state index is 0.150. The minimum Gasteiger partial charge on any atom is -0.372 e. The van der Waals surface area contributed by atoms with Crippen molar-refractivity contribution in [2.45, 2.75) is 31.9 Å². The first-order valence-electron chi connectivity index (χ1n) is 5.03. The number of nitrogens with two attached hydrogens (primary N) is 1. The maximum absolute atomic E-state index is 5.63. The third-order valence-corrected chi connectivity index (χ3v) is 2.42. The van der Waals surface area contributed by atoms with Gasteiger partial charge in [-0.1, -0.05) is 0 Å². The molecule has 0 amide bonds. The summed E-state index contributed by atoms with van der Waals surface area (Å²) >= 11 is 0. The van der Waals surface area contributed by atoms with Gasteiger partial charge in [0.15, 0.2) is 0 Å². The molecule has 1 aromatic rings. The van der Waals surface area contributed by atoms with Crippen molar-refractivity contribution < 1.29 is 4.74 Å².